The lowest BCUT2D eigenvalue weighted by molar-refractivity contribution is 0.0575. The Bertz CT molecular complexity index is 1710. The molecule has 9 heteroatoms. The highest BCUT2D eigenvalue weighted by Gasteiger charge is 2.21. The molecule has 2 aromatic carbocycles. The molecule has 1 amide bonds. The number of carbonyl (C=O) groups is 1. The summed E-state index contributed by atoms with van der Waals surface area (Å²) in [5.41, 5.74) is 8.18. The number of fused-ring (bicyclic) bond motifs is 3. The van der Waals surface area contributed by atoms with Crippen LogP contribution < -0.4 is 4.74 Å². The van der Waals surface area contributed by atoms with Gasteiger partial charge >= 0.3 is 0 Å². The molecule has 0 unspecified atom stereocenters. The number of nitrogens with zero attached hydrogens (tertiary/aromatic N) is 3. The number of carbonyl (C=O) groups excluding carboxylic acids is 1. The molecule has 0 N–H and O–H groups in total. The summed E-state index contributed by atoms with van der Waals surface area (Å²) in [6.45, 7) is 10.0. The summed E-state index contributed by atoms with van der Waals surface area (Å²) in [5.74, 6) is 2.45. The van der Waals surface area contributed by atoms with Crippen LogP contribution in [0.3, 0.4) is 0 Å². The first kappa shape index (κ1) is 28.9. The highest BCUT2D eigenvalue weighted by molar-refractivity contribution is 7.14. The molecule has 0 spiro atoms. The Balaban J connectivity index is 1.25. The zero-order valence-electron chi connectivity index (χ0n) is 24.9. The average Bonchev–Trinajstić information content (AvgIpc) is 3.69. The van der Waals surface area contributed by atoms with Crippen LogP contribution >= 0.6 is 11.3 Å². The third-order valence-electron chi connectivity index (χ3n) is 7.82. The first-order chi connectivity index (χ1) is 20.9. The third kappa shape index (κ3) is 6.43. The van der Waals surface area contributed by atoms with E-state index in [1.165, 1.54) is 11.3 Å². The molecule has 4 heterocycles. The molecule has 8 nitrogen and oxygen atoms in total. The number of ether oxygens (including phenoxy) is 2. The minimum absolute atomic E-state index is 0.00167. The largest absolute Gasteiger partial charge is 0.491 e. The predicted molar refractivity (Wildman–Crippen MR) is 165 cm³/mol. The first-order valence-corrected chi connectivity index (χ1v) is 15.3. The number of hydrogen-bond donors (Lipinski definition) is 0. The molecule has 0 saturated heterocycles. The molecule has 6 rings (SSSR count). The Morgan fingerprint density at radius 3 is 2.49 bits per heavy atom. The zero-order chi connectivity index (χ0) is 29.9. The van der Waals surface area contributed by atoms with Gasteiger partial charge in [0.2, 0.25) is 0 Å². The molecule has 0 fully saturated rings. The summed E-state index contributed by atoms with van der Waals surface area (Å²) in [6, 6.07) is 18.6. The van der Waals surface area contributed by atoms with Crippen molar-refractivity contribution in [3.05, 3.63) is 110 Å². The van der Waals surface area contributed by atoms with Crippen molar-refractivity contribution in [2.45, 2.75) is 47.1 Å². The summed E-state index contributed by atoms with van der Waals surface area (Å²) in [7, 11) is 0. The number of benzene rings is 2. The van der Waals surface area contributed by atoms with E-state index in [0.717, 1.165) is 66.9 Å². The number of hydrogen-bond acceptors (Lipinski definition) is 8. The lowest BCUT2D eigenvalue weighted by Gasteiger charge is -2.23. The van der Waals surface area contributed by atoms with E-state index < -0.39 is 0 Å². The molecule has 1 aliphatic rings. The second kappa shape index (κ2) is 12.6. The molecule has 0 aliphatic carbocycles. The van der Waals surface area contributed by atoms with Crippen molar-refractivity contribution in [1.82, 2.24) is 15.2 Å². The van der Waals surface area contributed by atoms with Gasteiger partial charge in [0, 0.05) is 41.9 Å². The topological polar surface area (TPSA) is 90.8 Å². The predicted octanol–water partition coefficient (Wildman–Crippen LogP) is 6.86. The quantitative estimate of drug-likeness (QED) is 0.224. The van der Waals surface area contributed by atoms with Gasteiger partial charge in [0.05, 0.1) is 29.5 Å². The highest BCUT2D eigenvalue weighted by atomic mass is 32.1. The molecule has 5 aromatic rings. The van der Waals surface area contributed by atoms with Gasteiger partial charge in [0.1, 0.15) is 23.9 Å². The second-order valence-electron chi connectivity index (χ2n) is 11.0. The van der Waals surface area contributed by atoms with Gasteiger partial charge in [-0.25, -0.2) is 0 Å². The number of aryl methyl sites for hydroxylation is 4. The van der Waals surface area contributed by atoms with E-state index in [1.807, 2.05) is 50.8 Å². The minimum Gasteiger partial charge on any atom is -0.491 e. The Morgan fingerprint density at radius 2 is 1.70 bits per heavy atom. The van der Waals surface area contributed by atoms with Gasteiger partial charge in [-0.1, -0.05) is 40.6 Å². The summed E-state index contributed by atoms with van der Waals surface area (Å²) < 4.78 is 22.9. The van der Waals surface area contributed by atoms with Gasteiger partial charge in [-0.3, -0.25) is 4.79 Å². The Morgan fingerprint density at radius 1 is 0.884 bits per heavy atom. The van der Waals surface area contributed by atoms with E-state index >= 15 is 0 Å². The fourth-order valence-corrected chi connectivity index (χ4v) is 6.59. The SMILES string of the molecule is Cc1noc(C)c1Cc1ccc(C(=O)N2CCOCCOc3ccc(-c4c(C)noc4C)cc3Cc3cccc(c3)C2)s1. The third-order valence-corrected chi connectivity index (χ3v) is 8.90. The Kier molecular flexibility index (Phi) is 8.44. The number of aromatic nitrogens is 2. The van der Waals surface area contributed by atoms with Gasteiger partial charge < -0.3 is 23.4 Å². The van der Waals surface area contributed by atoms with E-state index in [0.29, 0.717) is 50.6 Å². The monoisotopic (exact) mass is 597 g/mol. The molecule has 0 atom stereocenters. The molecule has 0 radical (unpaired) electrons. The van der Waals surface area contributed by atoms with Crippen LogP contribution in [0.4, 0.5) is 0 Å². The van der Waals surface area contributed by atoms with Crippen molar-refractivity contribution in [2.75, 3.05) is 26.4 Å². The fourth-order valence-electron chi connectivity index (χ4n) is 5.60. The molecule has 1 aliphatic heterocycles. The van der Waals surface area contributed by atoms with Crippen molar-refractivity contribution >= 4 is 17.2 Å². The molecule has 222 valence electrons. The normalized spacial score (nSPS) is 14.2. The van der Waals surface area contributed by atoms with Gasteiger partial charge in [-0.15, -0.1) is 11.3 Å². The van der Waals surface area contributed by atoms with Crippen molar-refractivity contribution in [1.29, 1.82) is 0 Å². The molecular formula is C34H35N3O5S. The highest BCUT2D eigenvalue weighted by Crippen LogP contribution is 2.33. The maximum Gasteiger partial charge on any atom is 0.264 e. The minimum atomic E-state index is 0.00167. The van der Waals surface area contributed by atoms with Crippen LogP contribution in [0.1, 0.15) is 59.7 Å². The molecular weight excluding hydrogens is 562 g/mol. The van der Waals surface area contributed by atoms with Crippen LogP contribution in [0.15, 0.2) is 63.6 Å². The van der Waals surface area contributed by atoms with E-state index in [9.17, 15) is 4.79 Å². The van der Waals surface area contributed by atoms with Gasteiger partial charge in [0.15, 0.2) is 0 Å². The summed E-state index contributed by atoms with van der Waals surface area (Å²) >= 11 is 1.52. The van der Waals surface area contributed by atoms with Crippen LogP contribution in [-0.4, -0.2) is 47.5 Å². The lowest BCUT2D eigenvalue weighted by atomic mass is 9.96. The van der Waals surface area contributed by atoms with Gasteiger partial charge in [-0.2, -0.15) is 0 Å². The Hall–Kier alpha value is -4.21. The van der Waals surface area contributed by atoms with Gasteiger partial charge in [-0.05, 0) is 74.2 Å². The van der Waals surface area contributed by atoms with E-state index in [2.05, 4.69) is 46.7 Å². The van der Waals surface area contributed by atoms with Gasteiger partial charge in [0.25, 0.3) is 5.91 Å². The molecule has 43 heavy (non-hydrogen) atoms. The number of thiophene rings is 1. The molecule has 0 saturated carbocycles. The van der Waals surface area contributed by atoms with Crippen LogP contribution in [0.5, 0.6) is 5.75 Å². The summed E-state index contributed by atoms with van der Waals surface area (Å²) in [5, 5.41) is 8.20. The van der Waals surface area contributed by atoms with Crippen LogP contribution in [0, 0.1) is 27.7 Å². The average molecular weight is 598 g/mol. The molecule has 2 bridgehead atoms. The summed E-state index contributed by atoms with van der Waals surface area (Å²) in [4.78, 5) is 17.5. The Labute approximate surface area is 255 Å². The van der Waals surface area contributed by atoms with Crippen molar-refractivity contribution in [3.8, 4) is 16.9 Å². The van der Waals surface area contributed by atoms with Crippen molar-refractivity contribution in [2.24, 2.45) is 0 Å². The van der Waals surface area contributed by atoms with Crippen LogP contribution in [0.25, 0.3) is 11.1 Å². The van der Waals surface area contributed by atoms with E-state index in [1.54, 1.807) is 0 Å². The van der Waals surface area contributed by atoms with Crippen molar-refractivity contribution in [3.63, 3.8) is 0 Å². The standard InChI is InChI=1S/C34H35N3O5S/c1-21-30(23(3)41-35-21)19-29-9-11-32(43-29)34(38)37-12-13-39-14-15-40-31-10-8-27(33-22(2)36-42-24(33)4)18-28(31)17-25-6-5-7-26(16-25)20-37/h5-11,16,18H,12-15,17,19-20H2,1-4H3. The number of rotatable bonds is 4. The number of amides is 1. The maximum atomic E-state index is 13.8. The zero-order valence-corrected chi connectivity index (χ0v) is 25.8. The summed E-state index contributed by atoms with van der Waals surface area (Å²) in [6.07, 6.45) is 1.38. The van der Waals surface area contributed by atoms with Crippen molar-refractivity contribution < 1.29 is 23.3 Å². The van der Waals surface area contributed by atoms with E-state index in [4.69, 9.17) is 18.5 Å². The lowest BCUT2D eigenvalue weighted by Crippen LogP contribution is -2.33. The van der Waals surface area contributed by atoms with Crippen LogP contribution in [0.2, 0.25) is 0 Å². The fraction of sp³-hybridized carbons (Fsp3) is 0.324. The second-order valence-corrected chi connectivity index (χ2v) is 12.1. The molecule has 3 aromatic heterocycles. The smallest absolute Gasteiger partial charge is 0.264 e. The van der Waals surface area contributed by atoms with E-state index in [-0.39, 0.29) is 5.91 Å². The van der Waals surface area contributed by atoms with Crippen LogP contribution in [-0.2, 0) is 24.1 Å². The first-order valence-electron chi connectivity index (χ1n) is 14.5. The maximum absolute atomic E-state index is 13.8.